The molecule has 0 fully saturated rings. The highest BCUT2D eigenvalue weighted by molar-refractivity contribution is 5.42. The molecule has 0 aliphatic carbocycles. The van der Waals surface area contributed by atoms with Crippen LogP contribution in [0.5, 0.6) is 5.75 Å². The lowest BCUT2D eigenvalue weighted by molar-refractivity contribution is -0.166. The van der Waals surface area contributed by atoms with Gasteiger partial charge in [-0.3, -0.25) is 0 Å². The van der Waals surface area contributed by atoms with Gasteiger partial charge in [0.1, 0.15) is 11.9 Å². The fraction of sp³-hybridized carbons (Fsp3) is 0.538. The fourth-order valence-corrected chi connectivity index (χ4v) is 1.85. The Bertz CT molecular complexity index is 372. The van der Waals surface area contributed by atoms with Crippen LogP contribution in [0.1, 0.15) is 22.8 Å². The minimum absolute atomic E-state index is 0.665. The van der Waals surface area contributed by atoms with E-state index in [-0.39, 0.29) is 0 Å². The van der Waals surface area contributed by atoms with Crippen molar-refractivity contribution in [3.8, 4) is 5.75 Å². The van der Waals surface area contributed by atoms with Gasteiger partial charge in [0.15, 0.2) is 6.29 Å². The molecule has 0 spiro atoms. The third kappa shape index (κ3) is 2.97. The zero-order chi connectivity index (χ0) is 13.0. The predicted octanol–water partition coefficient (Wildman–Crippen LogP) is 1.96. The highest BCUT2D eigenvalue weighted by atomic mass is 16.7. The van der Waals surface area contributed by atoms with E-state index in [9.17, 15) is 5.11 Å². The summed E-state index contributed by atoms with van der Waals surface area (Å²) >= 11 is 0. The van der Waals surface area contributed by atoms with E-state index in [1.54, 1.807) is 7.11 Å². The number of benzene rings is 1. The molecule has 1 rings (SSSR count). The van der Waals surface area contributed by atoms with Gasteiger partial charge in [-0.15, -0.1) is 0 Å². The van der Waals surface area contributed by atoms with Gasteiger partial charge in [-0.2, -0.15) is 0 Å². The van der Waals surface area contributed by atoms with Gasteiger partial charge < -0.3 is 19.3 Å². The first-order chi connectivity index (χ1) is 8.04. The maximum atomic E-state index is 10.2. The Morgan fingerprint density at radius 2 is 1.59 bits per heavy atom. The van der Waals surface area contributed by atoms with Crippen LogP contribution in [0.2, 0.25) is 0 Å². The lowest BCUT2D eigenvalue weighted by Crippen LogP contribution is -2.23. The van der Waals surface area contributed by atoms with Crippen molar-refractivity contribution < 1.29 is 19.3 Å². The van der Waals surface area contributed by atoms with Gasteiger partial charge in [-0.1, -0.05) is 0 Å². The first-order valence-corrected chi connectivity index (χ1v) is 5.44. The molecule has 0 aliphatic rings. The van der Waals surface area contributed by atoms with Crippen molar-refractivity contribution in [1.29, 1.82) is 0 Å². The lowest BCUT2D eigenvalue weighted by atomic mass is 9.99. The van der Waals surface area contributed by atoms with E-state index in [0.29, 0.717) is 0 Å². The molecule has 1 aromatic carbocycles. The van der Waals surface area contributed by atoms with Gasteiger partial charge in [0.25, 0.3) is 0 Å². The summed E-state index contributed by atoms with van der Waals surface area (Å²) in [7, 11) is 4.64. The maximum absolute atomic E-state index is 10.2. The van der Waals surface area contributed by atoms with E-state index in [1.165, 1.54) is 14.2 Å². The van der Waals surface area contributed by atoms with Crippen molar-refractivity contribution in [1.82, 2.24) is 0 Å². The molecule has 4 nitrogen and oxygen atoms in total. The number of aliphatic hydroxyl groups is 1. The van der Waals surface area contributed by atoms with Gasteiger partial charge in [-0.25, -0.2) is 0 Å². The van der Waals surface area contributed by atoms with Crippen LogP contribution in [-0.4, -0.2) is 32.7 Å². The third-order valence-corrected chi connectivity index (χ3v) is 2.82. The number of ether oxygens (including phenoxy) is 3. The van der Waals surface area contributed by atoms with Crippen molar-refractivity contribution in [2.45, 2.75) is 26.2 Å². The number of rotatable bonds is 5. The van der Waals surface area contributed by atoms with Crippen molar-refractivity contribution in [2.24, 2.45) is 0 Å². The van der Waals surface area contributed by atoms with Crippen LogP contribution in [0.15, 0.2) is 12.1 Å². The molecule has 0 heterocycles. The highest BCUT2D eigenvalue weighted by Crippen LogP contribution is 2.29. The van der Waals surface area contributed by atoms with Crippen LogP contribution in [-0.2, 0) is 9.47 Å². The van der Waals surface area contributed by atoms with Crippen molar-refractivity contribution in [3.05, 3.63) is 28.8 Å². The van der Waals surface area contributed by atoms with Gasteiger partial charge in [0.2, 0.25) is 0 Å². The number of aliphatic hydroxyl groups excluding tert-OH is 1. The van der Waals surface area contributed by atoms with Gasteiger partial charge in [0, 0.05) is 14.2 Å². The Balaban J connectivity index is 3.09. The molecule has 0 aromatic heterocycles. The largest absolute Gasteiger partial charge is 0.496 e. The Kier molecular flexibility index (Phi) is 4.93. The maximum Gasteiger partial charge on any atom is 0.187 e. The minimum Gasteiger partial charge on any atom is -0.496 e. The zero-order valence-electron chi connectivity index (χ0n) is 11.0. The van der Waals surface area contributed by atoms with Crippen molar-refractivity contribution in [2.75, 3.05) is 21.3 Å². The van der Waals surface area contributed by atoms with E-state index in [1.807, 2.05) is 26.0 Å². The summed E-state index contributed by atoms with van der Waals surface area (Å²) in [6.45, 7) is 3.85. The topological polar surface area (TPSA) is 47.9 Å². The predicted molar refractivity (Wildman–Crippen MR) is 65.2 cm³/mol. The molecular formula is C13H20O4. The molecule has 1 aromatic rings. The molecule has 96 valence electrons. The molecule has 0 saturated carbocycles. The smallest absolute Gasteiger partial charge is 0.187 e. The van der Waals surface area contributed by atoms with E-state index in [0.717, 1.165) is 22.4 Å². The molecule has 0 amide bonds. The molecule has 1 atom stereocenters. The summed E-state index contributed by atoms with van der Waals surface area (Å²) in [5, 5.41) is 10.2. The normalized spacial score (nSPS) is 12.9. The Labute approximate surface area is 102 Å². The summed E-state index contributed by atoms with van der Waals surface area (Å²) in [4.78, 5) is 0. The van der Waals surface area contributed by atoms with Crippen molar-refractivity contribution >= 4 is 0 Å². The Morgan fingerprint density at radius 1 is 1.00 bits per heavy atom. The van der Waals surface area contributed by atoms with Gasteiger partial charge in [-0.05, 0) is 42.7 Å². The molecule has 0 bridgehead atoms. The van der Waals surface area contributed by atoms with Gasteiger partial charge in [0.05, 0.1) is 7.11 Å². The van der Waals surface area contributed by atoms with Crippen LogP contribution >= 0.6 is 0 Å². The monoisotopic (exact) mass is 240 g/mol. The number of hydrogen-bond donors (Lipinski definition) is 1. The lowest BCUT2D eigenvalue weighted by Gasteiger charge is -2.22. The average molecular weight is 240 g/mol. The summed E-state index contributed by atoms with van der Waals surface area (Å²) in [6, 6.07) is 3.79. The number of methoxy groups -OCH3 is 3. The first-order valence-electron chi connectivity index (χ1n) is 5.44. The molecule has 0 aliphatic heterocycles. The standard InChI is InChI=1S/C13H20O4/c1-8-7-11(15-3)9(2)6-10(8)12(14)13(16-4)17-5/h6-7,12-14H,1-5H3. The molecule has 4 heteroatoms. The molecule has 0 radical (unpaired) electrons. The summed E-state index contributed by atoms with van der Waals surface area (Å²) in [5.41, 5.74) is 2.70. The van der Waals surface area contributed by atoms with Crippen molar-refractivity contribution in [3.63, 3.8) is 0 Å². The Hall–Kier alpha value is -1.10. The van der Waals surface area contributed by atoms with Crippen LogP contribution < -0.4 is 4.74 Å². The second-order valence-corrected chi connectivity index (χ2v) is 3.96. The Morgan fingerprint density at radius 3 is 2.06 bits per heavy atom. The second kappa shape index (κ2) is 6.00. The zero-order valence-corrected chi connectivity index (χ0v) is 11.0. The molecule has 1 N–H and O–H groups in total. The summed E-state index contributed by atoms with van der Waals surface area (Å²) in [5.74, 6) is 0.810. The van der Waals surface area contributed by atoms with Crippen LogP contribution in [0, 0.1) is 13.8 Å². The average Bonchev–Trinajstić information content (AvgIpc) is 2.32. The number of hydrogen-bond acceptors (Lipinski definition) is 4. The van der Waals surface area contributed by atoms with E-state index in [4.69, 9.17) is 14.2 Å². The SMILES string of the molecule is COc1cc(C)c(C(O)C(OC)OC)cc1C. The molecule has 17 heavy (non-hydrogen) atoms. The molecular weight excluding hydrogens is 220 g/mol. The quantitative estimate of drug-likeness (QED) is 0.799. The van der Waals surface area contributed by atoms with Gasteiger partial charge >= 0.3 is 0 Å². The van der Waals surface area contributed by atoms with E-state index in [2.05, 4.69) is 0 Å². The van der Waals surface area contributed by atoms with E-state index >= 15 is 0 Å². The molecule has 1 unspecified atom stereocenters. The summed E-state index contributed by atoms with van der Waals surface area (Å²) < 4.78 is 15.4. The first kappa shape index (κ1) is 14.0. The van der Waals surface area contributed by atoms with Crippen LogP contribution in [0.3, 0.4) is 0 Å². The molecule has 0 saturated heterocycles. The fourth-order valence-electron chi connectivity index (χ4n) is 1.85. The third-order valence-electron chi connectivity index (χ3n) is 2.82. The minimum atomic E-state index is -0.811. The number of aryl methyl sites for hydroxylation is 2. The highest BCUT2D eigenvalue weighted by Gasteiger charge is 2.22. The summed E-state index contributed by atoms with van der Waals surface area (Å²) in [6.07, 6.45) is -1.48. The van der Waals surface area contributed by atoms with Crippen LogP contribution in [0.4, 0.5) is 0 Å². The van der Waals surface area contributed by atoms with E-state index < -0.39 is 12.4 Å². The second-order valence-electron chi connectivity index (χ2n) is 3.96. The van der Waals surface area contributed by atoms with Crippen LogP contribution in [0.25, 0.3) is 0 Å².